The van der Waals surface area contributed by atoms with Crippen molar-refractivity contribution < 1.29 is 4.74 Å². The molecular formula is C16H27N3O. The molecule has 1 aromatic rings. The lowest BCUT2D eigenvalue weighted by Gasteiger charge is -2.28. The Bertz CT molecular complexity index is 430. The number of hydrogen-bond acceptors (Lipinski definition) is 4. The highest BCUT2D eigenvalue weighted by atomic mass is 16.5. The smallest absolute Gasteiger partial charge is 0.160 e. The number of rotatable bonds is 6. The van der Waals surface area contributed by atoms with Gasteiger partial charge in [-0.05, 0) is 72.0 Å². The Hall–Kier alpha value is -1.00. The van der Waals surface area contributed by atoms with Crippen molar-refractivity contribution >= 4 is 0 Å². The highest BCUT2D eigenvalue weighted by Gasteiger charge is 2.39. The molecule has 0 spiro atoms. The van der Waals surface area contributed by atoms with Crippen LogP contribution in [-0.4, -0.2) is 30.2 Å². The van der Waals surface area contributed by atoms with Gasteiger partial charge in [-0.15, -0.1) is 0 Å². The van der Waals surface area contributed by atoms with Gasteiger partial charge in [-0.1, -0.05) is 0 Å². The summed E-state index contributed by atoms with van der Waals surface area (Å²) in [4.78, 5) is 9.59. The Morgan fingerprint density at radius 3 is 2.25 bits per heavy atom. The summed E-state index contributed by atoms with van der Waals surface area (Å²) in [6.45, 7) is 7.93. The van der Waals surface area contributed by atoms with E-state index in [9.17, 15) is 0 Å². The Morgan fingerprint density at radius 1 is 1.15 bits per heavy atom. The number of nitrogens with zero attached hydrogens (tertiary/aromatic N) is 2. The zero-order chi connectivity index (χ0) is 14.6. The van der Waals surface area contributed by atoms with E-state index in [4.69, 9.17) is 14.7 Å². The molecule has 0 atom stereocenters. The summed E-state index contributed by atoms with van der Waals surface area (Å²) in [6.07, 6.45) is 5.51. The van der Waals surface area contributed by atoms with Crippen LogP contribution in [0.4, 0.5) is 0 Å². The van der Waals surface area contributed by atoms with E-state index in [1.54, 1.807) is 0 Å². The Labute approximate surface area is 122 Å². The summed E-state index contributed by atoms with van der Waals surface area (Å²) in [5.74, 6) is 0.903. The van der Waals surface area contributed by atoms with Crippen LogP contribution in [0.25, 0.3) is 0 Å². The van der Waals surface area contributed by atoms with Crippen LogP contribution < -0.4 is 5.32 Å². The summed E-state index contributed by atoms with van der Waals surface area (Å²) < 4.78 is 6.07. The van der Waals surface area contributed by atoms with Crippen LogP contribution in [-0.2, 0) is 16.8 Å². The van der Waals surface area contributed by atoms with E-state index in [-0.39, 0.29) is 5.60 Å². The van der Waals surface area contributed by atoms with Crippen LogP contribution in [0, 0.1) is 13.8 Å². The molecule has 1 aliphatic rings. The quantitative estimate of drug-likeness (QED) is 0.868. The lowest BCUT2D eigenvalue weighted by atomic mass is 9.99. The van der Waals surface area contributed by atoms with Gasteiger partial charge in [0.15, 0.2) is 5.82 Å². The van der Waals surface area contributed by atoms with E-state index in [1.165, 1.54) is 18.4 Å². The molecule has 1 heterocycles. The van der Waals surface area contributed by atoms with E-state index >= 15 is 0 Å². The normalized spacial score (nSPS) is 17.6. The molecule has 0 aromatic carbocycles. The fourth-order valence-corrected chi connectivity index (χ4v) is 3.21. The molecule has 0 amide bonds. The number of ether oxygens (including phenoxy) is 1. The number of aromatic nitrogens is 2. The van der Waals surface area contributed by atoms with E-state index in [1.807, 2.05) is 7.05 Å². The first kappa shape index (κ1) is 15.4. The zero-order valence-electron chi connectivity index (χ0n) is 13.3. The van der Waals surface area contributed by atoms with Crippen molar-refractivity contribution in [3.05, 3.63) is 22.8 Å². The van der Waals surface area contributed by atoms with Crippen molar-refractivity contribution in [2.24, 2.45) is 0 Å². The topological polar surface area (TPSA) is 47.0 Å². The number of likely N-dealkylation sites (N-methyl/N-ethyl adjacent to an activating group) is 1. The van der Waals surface area contributed by atoms with E-state index in [0.717, 1.165) is 49.6 Å². The Balaban J connectivity index is 2.33. The number of hydrogen-bond donors (Lipinski definition) is 1. The van der Waals surface area contributed by atoms with E-state index < -0.39 is 0 Å². The average molecular weight is 277 g/mol. The van der Waals surface area contributed by atoms with Gasteiger partial charge in [-0.2, -0.15) is 0 Å². The van der Waals surface area contributed by atoms with Gasteiger partial charge in [0.25, 0.3) is 0 Å². The molecule has 1 aliphatic carbocycles. The highest BCUT2D eigenvalue weighted by Crippen LogP contribution is 2.40. The molecule has 112 valence electrons. The molecule has 4 heteroatoms. The van der Waals surface area contributed by atoms with Gasteiger partial charge in [-0.3, -0.25) is 0 Å². The monoisotopic (exact) mass is 277 g/mol. The van der Waals surface area contributed by atoms with Gasteiger partial charge >= 0.3 is 0 Å². The molecule has 1 aromatic heterocycles. The molecule has 1 N–H and O–H groups in total. The average Bonchev–Trinajstić information content (AvgIpc) is 2.88. The van der Waals surface area contributed by atoms with Crippen molar-refractivity contribution in [2.45, 2.75) is 58.5 Å². The van der Waals surface area contributed by atoms with E-state index in [2.05, 4.69) is 26.1 Å². The minimum atomic E-state index is -0.230. The third kappa shape index (κ3) is 3.01. The second-order valence-corrected chi connectivity index (χ2v) is 5.68. The van der Waals surface area contributed by atoms with Crippen molar-refractivity contribution in [1.82, 2.24) is 15.3 Å². The van der Waals surface area contributed by atoms with Crippen LogP contribution >= 0.6 is 0 Å². The molecule has 0 saturated heterocycles. The highest BCUT2D eigenvalue weighted by molar-refractivity contribution is 5.26. The van der Waals surface area contributed by atoms with Crippen LogP contribution in [0.5, 0.6) is 0 Å². The van der Waals surface area contributed by atoms with Gasteiger partial charge in [0.2, 0.25) is 0 Å². The molecule has 0 bridgehead atoms. The molecule has 2 rings (SSSR count). The second kappa shape index (κ2) is 6.64. The SMILES string of the molecule is CCOC1(c2nc(C)c(CCNC)c(C)n2)CCCC1. The lowest BCUT2D eigenvalue weighted by Crippen LogP contribution is -2.30. The summed E-state index contributed by atoms with van der Waals surface area (Å²) in [6, 6.07) is 0. The Morgan fingerprint density at radius 2 is 1.75 bits per heavy atom. The second-order valence-electron chi connectivity index (χ2n) is 5.68. The first-order valence-corrected chi connectivity index (χ1v) is 7.76. The third-order valence-corrected chi connectivity index (χ3v) is 4.29. The fourth-order valence-electron chi connectivity index (χ4n) is 3.21. The summed E-state index contributed by atoms with van der Waals surface area (Å²) in [7, 11) is 1.97. The largest absolute Gasteiger partial charge is 0.367 e. The predicted octanol–water partition coefficient (Wildman–Crippen LogP) is 2.66. The molecule has 1 saturated carbocycles. The number of nitrogens with one attached hydrogen (secondary N) is 1. The first-order valence-electron chi connectivity index (χ1n) is 7.76. The van der Waals surface area contributed by atoms with Gasteiger partial charge in [0.1, 0.15) is 5.60 Å². The predicted molar refractivity (Wildman–Crippen MR) is 80.9 cm³/mol. The molecule has 1 fully saturated rings. The summed E-state index contributed by atoms with van der Waals surface area (Å²) in [5, 5.41) is 3.19. The maximum absolute atomic E-state index is 6.07. The molecule has 0 aliphatic heterocycles. The van der Waals surface area contributed by atoms with Gasteiger partial charge in [0, 0.05) is 18.0 Å². The Kier molecular flexibility index (Phi) is 5.11. The maximum atomic E-state index is 6.07. The minimum Gasteiger partial charge on any atom is -0.367 e. The number of aryl methyl sites for hydroxylation is 2. The first-order chi connectivity index (χ1) is 9.63. The molecule has 0 unspecified atom stereocenters. The zero-order valence-corrected chi connectivity index (χ0v) is 13.3. The van der Waals surface area contributed by atoms with Crippen LogP contribution in [0.2, 0.25) is 0 Å². The third-order valence-electron chi connectivity index (χ3n) is 4.29. The molecule has 0 radical (unpaired) electrons. The molecular weight excluding hydrogens is 250 g/mol. The summed E-state index contributed by atoms with van der Waals surface area (Å²) in [5.41, 5.74) is 3.25. The minimum absolute atomic E-state index is 0.230. The van der Waals surface area contributed by atoms with Gasteiger partial charge in [0.05, 0.1) is 0 Å². The lowest BCUT2D eigenvalue weighted by molar-refractivity contribution is -0.0459. The molecule has 4 nitrogen and oxygen atoms in total. The van der Waals surface area contributed by atoms with Crippen molar-refractivity contribution in [1.29, 1.82) is 0 Å². The fraction of sp³-hybridized carbons (Fsp3) is 0.750. The molecule has 20 heavy (non-hydrogen) atoms. The standard InChI is InChI=1S/C16H27N3O/c1-5-20-16(9-6-7-10-16)15-18-12(2)14(8-11-17-4)13(3)19-15/h17H,5-11H2,1-4H3. The van der Waals surface area contributed by atoms with Gasteiger partial charge < -0.3 is 10.1 Å². The van der Waals surface area contributed by atoms with Crippen molar-refractivity contribution in [3.63, 3.8) is 0 Å². The maximum Gasteiger partial charge on any atom is 0.160 e. The van der Waals surface area contributed by atoms with Crippen molar-refractivity contribution in [2.75, 3.05) is 20.2 Å². The van der Waals surface area contributed by atoms with Crippen LogP contribution in [0.15, 0.2) is 0 Å². The van der Waals surface area contributed by atoms with Crippen molar-refractivity contribution in [3.8, 4) is 0 Å². The van der Waals surface area contributed by atoms with Crippen LogP contribution in [0.1, 0.15) is 55.4 Å². The van der Waals surface area contributed by atoms with Gasteiger partial charge in [-0.25, -0.2) is 9.97 Å². The van der Waals surface area contributed by atoms with Crippen LogP contribution in [0.3, 0.4) is 0 Å². The summed E-state index contributed by atoms with van der Waals surface area (Å²) >= 11 is 0. The van der Waals surface area contributed by atoms with E-state index in [0.29, 0.717) is 0 Å².